The summed E-state index contributed by atoms with van der Waals surface area (Å²) in [5, 5.41) is 0.270. The summed E-state index contributed by atoms with van der Waals surface area (Å²) in [5.41, 5.74) is 0.759. The van der Waals surface area contributed by atoms with Crippen LogP contribution in [0.3, 0.4) is 0 Å². The second-order valence-corrected chi connectivity index (χ2v) is 22.1. The van der Waals surface area contributed by atoms with E-state index in [1.165, 1.54) is 31.4 Å². The van der Waals surface area contributed by atoms with Gasteiger partial charge < -0.3 is 8.85 Å². The Kier molecular flexibility index (Phi) is 6.82. The van der Waals surface area contributed by atoms with Crippen molar-refractivity contribution in [1.29, 1.82) is 0 Å². The van der Waals surface area contributed by atoms with Crippen molar-refractivity contribution in [2.45, 2.75) is 111 Å². The highest BCUT2D eigenvalue weighted by Crippen LogP contribution is 2.60. The van der Waals surface area contributed by atoms with Crippen LogP contribution in [0.1, 0.15) is 73.6 Å². The first kappa shape index (κ1) is 24.2. The van der Waals surface area contributed by atoms with Gasteiger partial charge in [-0.05, 0) is 86.3 Å². The third kappa shape index (κ3) is 5.15. The van der Waals surface area contributed by atoms with Gasteiger partial charge in [0.2, 0.25) is 8.32 Å². The Balaban J connectivity index is 2.26. The fourth-order valence-electron chi connectivity index (χ4n) is 5.46. The van der Waals surface area contributed by atoms with Crippen LogP contribution in [0.4, 0.5) is 0 Å². The summed E-state index contributed by atoms with van der Waals surface area (Å²) in [6.45, 7) is 27.1. The van der Waals surface area contributed by atoms with E-state index in [-0.39, 0.29) is 5.04 Å². The van der Waals surface area contributed by atoms with Crippen molar-refractivity contribution in [3.63, 3.8) is 0 Å². The monoisotopic (exact) mass is 424 g/mol. The predicted octanol–water partition coefficient (Wildman–Crippen LogP) is 7.99. The van der Waals surface area contributed by atoms with Crippen molar-refractivity contribution in [1.82, 2.24) is 0 Å². The van der Waals surface area contributed by atoms with Gasteiger partial charge in [-0.15, -0.1) is 0 Å². The van der Waals surface area contributed by atoms with Crippen molar-refractivity contribution in [3.05, 3.63) is 11.8 Å². The van der Waals surface area contributed by atoms with Crippen LogP contribution < -0.4 is 0 Å². The first-order chi connectivity index (χ1) is 12.5. The molecule has 1 fully saturated rings. The van der Waals surface area contributed by atoms with E-state index in [9.17, 15) is 0 Å². The minimum absolute atomic E-state index is 0.270. The first-order valence-corrected chi connectivity index (χ1v) is 17.8. The zero-order valence-corrected chi connectivity index (χ0v) is 22.8. The van der Waals surface area contributed by atoms with E-state index < -0.39 is 16.6 Å². The molecule has 2 aliphatic rings. The van der Waals surface area contributed by atoms with Crippen molar-refractivity contribution in [3.8, 4) is 0 Å². The molecular formula is C24H48O2Si2. The Hall–Kier alpha value is -0.0662. The second kappa shape index (κ2) is 7.88. The topological polar surface area (TPSA) is 18.5 Å². The standard InChI is InChI=1S/C24H48O2Si2/c1-22(2,3)28(10,11)25-18-15-19-20(26-27(7,8)9)13-14-21-23(4,5)16-12-17-24(19,21)6/h13,19,21H,12,14-18H2,1-11H3/t19-,21-,24+/m0/s1. The molecule has 4 heteroatoms. The smallest absolute Gasteiger partial charge is 0.241 e. The van der Waals surface area contributed by atoms with E-state index in [0.29, 0.717) is 16.7 Å². The predicted molar refractivity (Wildman–Crippen MR) is 128 cm³/mol. The number of fused-ring (bicyclic) bond motifs is 1. The van der Waals surface area contributed by atoms with Crippen LogP contribution in [0.2, 0.25) is 37.8 Å². The molecule has 2 rings (SSSR count). The van der Waals surface area contributed by atoms with Crippen molar-refractivity contribution < 1.29 is 8.85 Å². The number of allylic oxidation sites excluding steroid dienone is 2. The molecule has 164 valence electrons. The molecule has 3 atom stereocenters. The molecular weight excluding hydrogens is 376 g/mol. The Bertz CT molecular complexity index is 580. The molecule has 0 saturated heterocycles. The van der Waals surface area contributed by atoms with Crippen LogP contribution in [0, 0.1) is 22.7 Å². The van der Waals surface area contributed by atoms with Crippen molar-refractivity contribution >= 4 is 16.6 Å². The molecule has 0 spiro atoms. The quantitative estimate of drug-likeness (QED) is 0.402. The number of hydrogen-bond acceptors (Lipinski definition) is 2. The molecule has 0 amide bonds. The average Bonchev–Trinajstić information content (AvgIpc) is 2.46. The maximum atomic E-state index is 6.68. The molecule has 0 aromatic heterocycles. The van der Waals surface area contributed by atoms with E-state index >= 15 is 0 Å². The van der Waals surface area contributed by atoms with Gasteiger partial charge in [0.05, 0.1) is 5.76 Å². The zero-order chi connectivity index (χ0) is 21.6. The first-order valence-electron chi connectivity index (χ1n) is 11.5. The summed E-state index contributed by atoms with van der Waals surface area (Å²) in [4.78, 5) is 0. The fraction of sp³-hybridized carbons (Fsp3) is 0.917. The largest absolute Gasteiger partial charge is 0.547 e. The molecule has 0 aliphatic heterocycles. The van der Waals surface area contributed by atoms with Gasteiger partial charge in [-0.3, -0.25) is 0 Å². The summed E-state index contributed by atoms with van der Waals surface area (Å²) in [7, 11) is -3.32. The fourth-order valence-corrected chi connectivity index (χ4v) is 7.45. The van der Waals surface area contributed by atoms with Gasteiger partial charge in [-0.25, -0.2) is 0 Å². The van der Waals surface area contributed by atoms with E-state index in [0.717, 1.165) is 18.9 Å². The van der Waals surface area contributed by atoms with Gasteiger partial charge in [-0.1, -0.05) is 48.0 Å². The van der Waals surface area contributed by atoms with Crippen LogP contribution in [-0.4, -0.2) is 23.2 Å². The highest BCUT2D eigenvalue weighted by atomic mass is 28.4. The molecule has 0 bridgehead atoms. The molecule has 0 radical (unpaired) electrons. The maximum absolute atomic E-state index is 6.68. The van der Waals surface area contributed by atoms with Crippen molar-refractivity contribution in [2.75, 3.05) is 6.61 Å². The summed E-state index contributed by atoms with van der Waals surface area (Å²) in [6.07, 6.45) is 8.79. The lowest BCUT2D eigenvalue weighted by Crippen LogP contribution is -2.50. The summed E-state index contributed by atoms with van der Waals surface area (Å²) >= 11 is 0. The Morgan fingerprint density at radius 3 is 2.18 bits per heavy atom. The van der Waals surface area contributed by atoms with Gasteiger partial charge in [0.25, 0.3) is 0 Å². The van der Waals surface area contributed by atoms with Gasteiger partial charge in [0.15, 0.2) is 8.32 Å². The minimum atomic E-state index is -1.71. The van der Waals surface area contributed by atoms with Crippen LogP contribution in [0.25, 0.3) is 0 Å². The number of rotatable bonds is 6. The lowest BCUT2D eigenvalue weighted by atomic mass is 9.49. The molecule has 0 aromatic rings. The molecule has 28 heavy (non-hydrogen) atoms. The summed E-state index contributed by atoms with van der Waals surface area (Å²) < 4.78 is 13.3. The molecule has 0 aromatic carbocycles. The van der Waals surface area contributed by atoms with Crippen LogP contribution in [0.5, 0.6) is 0 Å². The SMILES string of the molecule is CC1(C)CCC[C@]2(C)[C@@H](CCO[Si](C)(C)C(C)(C)C)C(O[Si](C)(C)C)=CC[C@@H]12. The van der Waals surface area contributed by atoms with E-state index in [2.05, 4.69) is 80.4 Å². The van der Waals surface area contributed by atoms with Crippen LogP contribution in [-0.2, 0) is 8.85 Å². The molecule has 2 aliphatic carbocycles. The Morgan fingerprint density at radius 2 is 1.64 bits per heavy atom. The van der Waals surface area contributed by atoms with E-state index in [1.54, 1.807) is 0 Å². The third-order valence-corrected chi connectivity index (χ3v) is 13.5. The third-order valence-electron chi connectivity index (χ3n) is 8.07. The van der Waals surface area contributed by atoms with E-state index in [4.69, 9.17) is 8.85 Å². The van der Waals surface area contributed by atoms with Gasteiger partial charge in [0.1, 0.15) is 0 Å². The molecule has 0 N–H and O–H groups in total. The highest BCUT2D eigenvalue weighted by Gasteiger charge is 2.53. The Labute approximate surface area is 178 Å². The summed E-state index contributed by atoms with van der Waals surface area (Å²) in [6, 6.07) is 0. The van der Waals surface area contributed by atoms with Crippen LogP contribution >= 0.6 is 0 Å². The molecule has 0 unspecified atom stereocenters. The molecule has 0 heterocycles. The normalized spacial score (nSPS) is 31.2. The minimum Gasteiger partial charge on any atom is -0.547 e. The van der Waals surface area contributed by atoms with E-state index in [1.807, 2.05) is 0 Å². The van der Waals surface area contributed by atoms with Gasteiger partial charge >= 0.3 is 0 Å². The molecule has 1 saturated carbocycles. The van der Waals surface area contributed by atoms with Gasteiger partial charge in [0, 0.05) is 12.5 Å². The zero-order valence-electron chi connectivity index (χ0n) is 20.8. The summed E-state index contributed by atoms with van der Waals surface area (Å²) in [5.74, 6) is 2.55. The highest BCUT2D eigenvalue weighted by molar-refractivity contribution is 6.74. The lowest BCUT2D eigenvalue weighted by molar-refractivity contribution is -0.0538. The average molecular weight is 425 g/mol. The second-order valence-electron chi connectivity index (χ2n) is 12.9. The van der Waals surface area contributed by atoms with Crippen molar-refractivity contribution in [2.24, 2.45) is 22.7 Å². The van der Waals surface area contributed by atoms with Crippen LogP contribution in [0.15, 0.2) is 11.8 Å². The van der Waals surface area contributed by atoms with Gasteiger partial charge in [-0.2, -0.15) is 0 Å². The maximum Gasteiger partial charge on any atom is 0.241 e. The number of hydrogen-bond donors (Lipinski definition) is 0. The lowest BCUT2D eigenvalue weighted by Gasteiger charge is -2.57. The Morgan fingerprint density at radius 1 is 1.04 bits per heavy atom. The molecule has 2 nitrogen and oxygen atoms in total.